The van der Waals surface area contributed by atoms with Gasteiger partial charge in [0.25, 0.3) is 5.91 Å². The normalized spacial score (nSPS) is 10.4. The summed E-state index contributed by atoms with van der Waals surface area (Å²) >= 11 is 0. The first-order valence-corrected chi connectivity index (χ1v) is 8.19. The number of likely N-dealkylation sites (N-methyl/N-ethyl adjacent to an activating group) is 1. The predicted molar refractivity (Wildman–Crippen MR) is 99.8 cm³/mol. The zero-order valence-corrected chi connectivity index (χ0v) is 15.0. The van der Waals surface area contributed by atoms with Gasteiger partial charge in [-0.15, -0.1) is 0 Å². The van der Waals surface area contributed by atoms with E-state index in [0.29, 0.717) is 11.4 Å². The Morgan fingerprint density at radius 3 is 2.64 bits per heavy atom. The van der Waals surface area contributed by atoms with Crippen molar-refractivity contribution in [2.75, 3.05) is 24.2 Å². The van der Waals surface area contributed by atoms with Crippen molar-refractivity contribution in [1.82, 2.24) is 9.88 Å². The molecule has 0 saturated heterocycles. The summed E-state index contributed by atoms with van der Waals surface area (Å²) < 4.78 is 0. The van der Waals surface area contributed by atoms with Gasteiger partial charge in [0.05, 0.1) is 6.54 Å². The number of carbonyl (C=O) groups excluding carboxylic acids is 2. The Labute approximate surface area is 148 Å². The second-order valence-corrected chi connectivity index (χ2v) is 6.31. The van der Waals surface area contributed by atoms with Crippen molar-refractivity contribution >= 4 is 23.3 Å². The maximum Gasteiger partial charge on any atom is 0.254 e. The van der Waals surface area contributed by atoms with Gasteiger partial charge in [-0.3, -0.25) is 9.59 Å². The Kier molecular flexibility index (Phi) is 6.11. The average molecular weight is 340 g/mol. The van der Waals surface area contributed by atoms with E-state index >= 15 is 0 Å². The number of benzene rings is 1. The van der Waals surface area contributed by atoms with Crippen molar-refractivity contribution in [3.8, 4) is 0 Å². The molecule has 6 heteroatoms. The van der Waals surface area contributed by atoms with E-state index in [1.54, 1.807) is 31.4 Å². The molecule has 0 spiro atoms. The highest BCUT2D eigenvalue weighted by atomic mass is 16.2. The van der Waals surface area contributed by atoms with Crippen LogP contribution in [0.2, 0.25) is 0 Å². The lowest BCUT2D eigenvalue weighted by atomic mass is 10.1. The summed E-state index contributed by atoms with van der Waals surface area (Å²) in [5, 5.41) is 5.96. The van der Waals surface area contributed by atoms with Crippen LogP contribution in [0.1, 0.15) is 29.8 Å². The van der Waals surface area contributed by atoms with Crippen LogP contribution >= 0.6 is 0 Å². The molecule has 0 unspecified atom stereocenters. The van der Waals surface area contributed by atoms with E-state index in [1.165, 1.54) is 4.90 Å². The Hall–Kier alpha value is -2.89. The minimum absolute atomic E-state index is 0.0453. The summed E-state index contributed by atoms with van der Waals surface area (Å²) in [7, 11) is 1.61. The number of hydrogen-bond donors (Lipinski definition) is 2. The van der Waals surface area contributed by atoms with Gasteiger partial charge < -0.3 is 15.5 Å². The first kappa shape index (κ1) is 18.4. The maximum absolute atomic E-state index is 12.5. The molecule has 2 rings (SSSR count). The molecular formula is C19H24N4O2. The minimum Gasteiger partial charge on any atom is -0.383 e. The van der Waals surface area contributed by atoms with Crippen molar-refractivity contribution in [2.24, 2.45) is 0 Å². The van der Waals surface area contributed by atoms with Gasteiger partial charge in [-0.2, -0.15) is 0 Å². The lowest BCUT2D eigenvalue weighted by Crippen LogP contribution is -2.35. The molecule has 1 heterocycles. The molecule has 0 aliphatic heterocycles. The van der Waals surface area contributed by atoms with E-state index in [2.05, 4.69) is 15.6 Å². The zero-order valence-electron chi connectivity index (χ0n) is 15.0. The quantitative estimate of drug-likeness (QED) is 0.848. The van der Waals surface area contributed by atoms with Gasteiger partial charge in [0.2, 0.25) is 5.91 Å². The second-order valence-electron chi connectivity index (χ2n) is 6.31. The molecule has 132 valence electrons. The van der Waals surface area contributed by atoms with Crippen LogP contribution in [0.3, 0.4) is 0 Å². The number of hydrogen-bond acceptors (Lipinski definition) is 4. The number of nitrogens with one attached hydrogen (secondary N) is 2. The van der Waals surface area contributed by atoms with Crippen LogP contribution in [0.4, 0.5) is 11.5 Å². The zero-order chi connectivity index (χ0) is 18.4. The van der Waals surface area contributed by atoms with Crippen molar-refractivity contribution in [1.29, 1.82) is 0 Å². The molecule has 2 amide bonds. The SMILES string of the molecule is Cc1ccnc(NC(=O)CN(C)C(=O)c2cccc(NC(C)C)c2)c1. The molecule has 25 heavy (non-hydrogen) atoms. The topological polar surface area (TPSA) is 74.3 Å². The van der Waals surface area contributed by atoms with E-state index < -0.39 is 0 Å². The van der Waals surface area contributed by atoms with Gasteiger partial charge in [-0.1, -0.05) is 6.07 Å². The molecule has 1 aromatic heterocycles. The minimum atomic E-state index is -0.287. The number of pyridine rings is 1. The number of anilines is 2. The van der Waals surface area contributed by atoms with Crippen molar-refractivity contribution in [3.63, 3.8) is 0 Å². The summed E-state index contributed by atoms with van der Waals surface area (Å²) in [5.41, 5.74) is 2.42. The molecule has 0 saturated carbocycles. The fourth-order valence-corrected chi connectivity index (χ4v) is 2.37. The molecule has 0 atom stereocenters. The van der Waals surface area contributed by atoms with E-state index in [1.807, 2.05) is 39.0 Å². The molecule has 0 radical (unpaired) electrons. The molecule has 6 nitrogen and oxygen atoms in total. The molecule has 1 aromatic carbocycles. The number of aromatic nitrogens is 1. The standard InChI is InChI=1S/C19H24N4O2/c1-13(2)21-16-7-5-6-15(11-16)19(25)23(4)12-18(24)22-17-10-14(3)8-9-20-17/h5-11,13,21H,12H2,1-4H3,(H,20,22,24). The first-order chi connectivity index (χ1) is 11.8. The fourth-order valence-electron chi connectivity index (χ4n) is 2.37. The van der Waals surface area contributed by atoms with Crippen LogP contribution in [0, 0.1) is 6.92 Å². The summed E-state index contributed by atoms with van der Waals surface area (Å²) in [5.74, 6) is -0.0147. The molecule has 2 N–H and O–H groups in total. The molecule has 0 fully saturated rings. The third-order valence-electron chi connectivity index (χ3n) is 3.48. The second kappa shape index (κ2) is 8.28. The maximum atomic E-state index is 12.5. The van der Waals surface area contributed by atoms with Gasteiger partial charge >= 0.3 is 0 Å². The highest BCUT2D eigenvalue weighted by Gasteiger charge is 2.16. The average Bonchev–Trinajstić information content (AvgIpc) is 2.53. The summed E-state index contributed by atoms with van der Waals surface area (Å²) in [6.07, 6.45) is 1.63. The van der Waals surface area contributed by atoms with Gasteiger partial charge in [0, 0.05) is 30.5 Å². The van der Waals surface area contributed by atoms with Crippen molar-refractivity contribution in [2.45, 2.75) is 26.8 Å². The van der Waals surface area contributed by atoms with Crippen LogP contribution < -0.4 is 10.6 Å². The molecule has 0 aliphatic rings. The fraction of sp³-hybridized carbons (Fsp3) is 0.316. The van der Waals surface area contributed by atoms with E-state index in [4.69, 9.17) is 0 Å². The van der Waals surface area contributed by atoms with Crippen LogP contribution in [0.25, 0.3) is 0 Å². The highest BCUT2D eigenvalue weighted by Crippen LogP contribution is 2.13. The van der Waals surface area contributed by atoms with Crippen LogP contribution in [0.5, 0.6) is 0 Å². The Bertz CT molecular complexity index is 759. The monoisotopic (exact) mass is 340 g/mol. The van der Waals surface area contributed by atoms with Crippen LogP contribution in [-0.4, -0.2) is 41.3 Å². The summed E-state index contributed by atoms with van der Waals surface area (Å²) in [6, 6.07) is 11.2. The number of carbonyl (C=O) groups is 2. The van der Waals surface area contributed by atoms with Crippen LogP contribution in [0.15, 0.2) is 42.6 Å². The molecule has 0 aliphatic carbocycles. The Morgan fingerprint density at radius 2 is 1.96 bits per heavy atom. The van der Waals surface area contributed by atoms with E-state index in [0.717, 1.165) is 11.3 Å². The smallest absolute Gasteiger partial charge is 0.254 e. The number of amides is 2. The first-order valence-electron chi connectivity index (χ1n) is 8.19. The summed E-state index contributed by atoms with van der Waals surface area (Å²) in [6.45, 7) is 5.94. The number of nitrogens with zero attached hydrogens (tertiary/aromatic N) is 2. The Morgan fingerprint density at radius 1 is 1.20 bits per heavy atom. The van der Waals surface area contributed by atoms with E-state index in [-0.39, 0.29) is 24.4 Å². The van der Waals surface area contributed by atoms with Gasteiger partial charge in [-0.25, -0.2) is 4.98 Å². The number of aryl methyl sites for hydroxylation is 1. The third kappa shape index (κ3) is 5.60. The molecule has 0 bridgehead atoms. The van der Waals surface area contributed by atoms with Crippen LogP contribution in [-0.2, 0) is 4.79 Å². The van der Waals surface area contributed by atoms with Gasteiger partial charge in [-0.05, 0) is 56.7 Å². The number of rotatable bonds is 6. The van der Waals surface area contributed by atoms with Gasteiger partial charge in [0.1, 0.15) is 5.82 Å². The summed E-state index contributed by atoms with van der Waals surface area (Å²) in [4.78, 5) is 30.1. The van der Waals surface area contributed by atoms with Gasteiger partial charge in [0.15, 0.2) is 0 Å². The third-order valence-corrected chi connectivity index (χ3v) is 3.48. The van der Waals surface area contributed by atoms with E-state index in [9.17, 15) is 9.59 Å². The predicted octanol–water partition coefficient (Wildman–Crippen LogP) is 2.92. The molecule has 2 aromatic rings. The van der Waals surface area contributed by atoms with Crippen molar-refractivity contribution < 1.29 is 9.59 Å². The lowest BCUT2D eigenvalue weighted by molar-refractivity contribution is -0.116. The van der Waals surface area contributed by atoms with Crippen molar-refractivity contribution in [3.05, 3.63) is 53.7 Å². The lowest BCUT2D eigenvalue weighted by Gasteiger charge is -2.18. The Balaban J connectivity index is 1.98. The highest BCUT2D eigenvalue weighted by molar-refractivity contribution is 5.99. The molecular weight excluding hydrogens is 316 g/mol. The largest absolute Gasteiger partial charge is 0.383 e.